The van der Waals surface area contributed by atoms with Crippen molar-refractivity contribution in [1.29, 1.82) is 0 Å². The van der Waals surface area contributed by atoms with E-state index < -0.39 is 17.4 Å². The second-order valence-electron chi connectivity index (χ2n) is 7.89. The van der Waals surface area contributed by atoms with Crippen LogP contribution < -0.4 is 11.3 Å². The summed E-state index contributed by atoms with van der Waals surface area (Å²) in [5, 5.41) is 21.2. The third-order valence-electron chi connectivity index (χ3n) is 6.29. The van der Waals surface area contributed by atoms with E-state index in [0.717, 1.165) is 11.1 Å². The highest BCUT2D eigenvalue weighted by Gasteiger charge is 2.45. The molecule has 0 radical (unpaired) electrons. The van der Waals surface area contributed by atoms with Crippen molar-refractivity contribution in [3.8, 4) is 11.4 Å². The van der Waals surface area contributed by atoms with Gasteiger partial charge in [-0.15, -0.1) is 0 Å². The molecule has 4 heterocycles. The first-order valence-corrected chi connectivity index (χ1v) is 9.98. The summed E-state index contributed by atoms with van der Waals surface area (Å²) in [5.74, 6) is -1.41. The van der Waals surface area contributed by atoms with Gasteiger partial charge in [0.1, 0.15) is 12.4 Å². The van der Waals surface area contributed by atoms with Gasteiger partial charge in [-0.1, -0.05) is 6.92 Å². The summed E-state index contributed by atoms with van der Waals surface area (Å²) < 4.78 is 20.7. The Kier molecular flexibility index (Phi) is 4.18. The molecule has 0 saturated carbocycles. The normalized spacial score (nSPS) is 19.2. The van der Waals surface area contributed by atoms with Gasteiger partial charge in [-0.05, 0) is 30.5 Å². The summed E-state index contributed by atoms with van der Waals surface area (Å²) in [6.45, 7) is 1.47. The Labute approximate surface area is 175 Å². The highest BCUT2D eigenvalue weighted by atomic mass is 19.1. The molecule has 5 rings (SSSR count). The molecule has 2 aromatic heterocycles. The number of aliphatic hydroxyl groups is 2. The summed E-state index contributed by atoms with van der Waals surface area (Å²) in [5.41, 5.74) is 6.54. The number of nitrogens with two attached hydrogens (primary N) is 1. The number of anilines is 1. The molecule has 2 aliphatic rings. The molecule has 9 heteroatoms. The smallest absolute Gasteiger partial charge is 0.343 e. The van der Waals surface area contributed by atoms with Crippen molar-refractivity contribution < 1.29 is 24.1 Å². The van der Waals surface area contributed by atoms with Gasteiger partial charge in [-0.3, -0.25) is 4.79 Å². The van der Waals surface area contributed by atoms with Crippen LogP contribution in [0.5, 0.6) is 0 Å². The van der Waals surface area contributed by atoms with Crippen LogP contribution in [0, 0.1) is 5.82 Å². The molecule has 1 atom stereocenters. The summed E-state index contributed by atoms with van der Waals surface area (Å²) in [6, 6.07) is 4.31. The Balaban J connectivity index is 1.84. The van der Waals surface area contributed by atoms with E-state index in [1.54, 1.807) is 13.0 Å². The number of hydrogen-bond acceptors (Lipinski definition) is 7. The molecule has 3 aromatic rings. The number of rotatable bonds is 3. The Morgan fingerprint density at radius 3 is 2.77 bits per heavy atom. The molecule has 0 amide bonds. The van der Waals surface area contributed by atoms with E-state index in [0.29, 0.717) is 22.3 Å². The SMILES string of the molecule is CC[C@@]1(O)C(=O)OCc2c1cc1n(c2=O)Cc2c-1nc1cc(F)c(N)cc1c2CCO. The van der Waals surface area contributed by atoms with Crippen molar-refractivity contribution >= 4 is 22.6 Å². The minimum Gasteiger partial charge on any atom is -0.458 e. The van der Waals surface area contributed by atoms with Gasteiger partial charge in [-0.2, -0.15) is 0 Å². The molecule has 0 saturated heterocycles. The van der Waals surface area contributed by atoms with Crippen molar-refractivity contribution in [3.05, 3.63) is 56.6 Å². The maximum absolute atomic E-state index is 14.1. The van der Waals surface area contributed by atoms with Crippen LogP contribution in [0.3, 0.4) is 0 Å². The monoisotopic (exact) mass is 425 g/mol. The number of ether oxygens (including phenoxy) is 1. The van der Waals surface area contributed by atoms with Crippen LogP contribution in [-0.2, 0) is 34.7 Å². The van der Waals surface area contributed by atoms with Crippen LogP contribution >= 0.6 is 0 Å². The Hall–Kier alpha value is -3.30. The van der Waals surface area contributed by atoms with E-state index >= 15 is 0 Å². The van der Waals surface area contributed by atoms with Crippen LogP contribution in [-0.4, -0.2) is 32.3 Å². The number of nitrogens with zero attached hydrogens (tertiary/aromatic N) is 2. The predicted octanol–water partition coefficient (Wildman–Crippen LogP) is 1.34. The fourth-order valence-electron chi connectivity index (χ4n) is 4.60. The van der Waals surface area contributed by atoms with E-state index in [9.17, 15) is 24.2 Å². The van der Waals surface area contributed by atoms with Gasteiger partial charge < -0.3 is 25.3 Å². The number of pyridine rings is 2. The minimum absolute atomic E-state index is 0.0275. The zero-order chi connectivity index (χ0) is 22.1. The molecule has 160 valence electrons. The molecular weight excluding hydrogens is 405 g/mol. The zero-order valence-corrected chi connectivity index (χ0v) is 16.7. The summed E-state index contributed by atoms with van der Waals surface area (Å²) >= 11 is 0. The van der Waals surface area contributed by atoms with Gasteiger partial charge in [-0.25, -0.2) is 14.2 Å². The van der Waals surface area contributed by atoms with Crippen LogP contribution in [0.25, 0.3) is 22.3 Å². The van der Waals surface area contributed by atoms with Crippen molar-refractivity contribution in [2.75, 3.05) is 12.3 Å². The van der Waals surface area contributed by atoms with Gasteiger partial charge in [0.15, 0.2) is 5.60 Å². The third-order valence-corrected chi connectivity index (χ3v) is 6.29. The van der Waals surface area contributed by atoms with E-state index in [4.69, 9.17) is 10.5 Å². The fraction of sp³-hybridized carbons (Fsp3) is 0.318. The maximum atomic E-state index is 14.1. The van der Waals surface area contributed by atoms with Crippen LogP contribution in [0.15, 0.2) is 23.0 Å². The first-order valence-electron chi connectivity index (χ1n) is 9.98. The van der Waals surface area contributed by atoms with Crippen molar-refractivity contribution in [2.24, 2.45) is 0 Å². The van der Waals surface area contributed by atoms with E-state index in [1.807, 2.05) is 0 Å². The lowest BCUT2D eigenvalue weighted by molar-refractivity contribution is -0.172. The molecule has 0 unspecified atom stereocenters. The number of hydrogen-bond donors (Lipinski definition) is 3. The van der Waals surface area contributed by atoms with Gasteiger partial charge >= 0.3 is 5.97 Å². The Morgan fingerprint density at radius 2 is 2.06 bits per heavy atom. The number of aliphatic hydroxyl groups excluding tert-OH is 1. The van der Waals surface area contributed by atoms with Gasteiger partial charge in [0.05, 0.1) is 34.7 Å². The number of carbonyl (C=O) groups is 1. The molecule has 31 heavy (non-hydrogen) atoms. The van der Waals surface area contributed by atoms with Gasteiger partial charge in [0, 0.05) is 29.2 Å². The fourth-order valence-corrected chi connectivity index (χ4v) is 4.60. The molecule has 0 bridgehead atoms. The van der Waals surface area contributed by atoms with Crippen LogP contribution in [0.4, 0.5) is 10.1 Å². The number of halogens is 1. The average molecular weight is 425 g/mol. The molecule has 0 aliphatic carbocycles. The highest BCUT2D eigenvalue weighted by molar-refractivity contribution is 5.91. The predicted molar refractivity (Wildman–Crippen MR) is 110 cm³/mol. The van der Waals surface area contributed by atoms with E-state index in [-0.39, 0.29) is 55.0 Å². The topological polar surface area (TPSA) is 128 Å². The summed E-state index contributed by atoms with van der Waals surface area (Å²) in [4.78, 5) is 30.1. The standard InChI is InChI=1S/C22H20FN3O5/c1-2-22(30)14-6-18-19-12(8-26(18)20(28)13(14)9-31-21(22)29)10(3-4-27)11-5-16(24)15(23)7-17(11)25-19/h5-7,27,30H,2-4,8-9,24H2,1H3/t22-/m0/s1. The third kappa shape index (κ3) is 2.56. The summed E-state index contributed by atoms with van der Waals surface area (Å²) in [7, 11) is 0. The minimum atomic E-state index is -1.92. The number of nitrogen functional groups attached to an aromatic ring is 1. The lowest BCUT2D eigenvalue weighted by atomic mass is 9.86. The molecule has 0 spiro atoms. The first kappa shape index (κ1) is 19.7. The number of carbonyl (C=O) groups excluding carboxylic acids is 1. The lowest BCUT2D eigenvalue weighted by Crippen LogP contribution is -2.44. The molecule has 0 fully saturated rings. The molecular formula is C22H20FN3O5. The molecule has 1 aromatic carbocycles. The lowest BCUT2D eigenvalue weighted by Gasteiger charge is -2.31. The number of cyclic esters (lactones) is 1. The average Bonchev–Trinajstić information content (AvgIpc) is 3.11. The number of aromatic nitrogens is 2. The zero-order valence-electron chi connectivity index (χ0n) is 16.7. The van der Waals surface area contributed by atoms with Crippen molar-refractivity contribution in [2.45, 2.75) is 38.5 Å². The first-order chi connectivity index (χ1) is 14.8. The van der Waals surface area contributed by atoms with Crippen LogP contribution in [0.1, 0.15) is 35.6 Å². The Bertz CT molecular complexity index is 1350. The van der Waals surface area contributed by atoms with Gasteiger partial charge in [0.25, 0.3) is 5.56 Å². The summed E-state index contributed by atoms with van der Waals surface area (Å²) in [6.07, 6.45) is 0.315. The number of benzene rings is 1. The molecule has 2 aliphatic heterocycles. The quantitative estimate of drug-likeness (QED) is 0.334. The molecule has 4 N–H and O–H groups in total. The number of fused-ring (bicyclic) bond motifs is 5. The van der Waals surface area contributed by atoms with E-state index in [1.165, 1.54) is 16.7 Å². The number of esters is 1. The van der Waals surface area contributed by atoms with Crippen molar-refractivity contribution in [1.82, 2.24) is 9.55 Å². The van der Waals surface area contributed by atoms with E-state index in [2.05, 4.69) is 4.98 Å². The van der Waals surface area contributed by atoms with Crippen LogP contribution in [0.2, 0.25) is 0 Å². The molecule has 8 nitrogen and oxygen atoms in total. The second kappa shape index (κ2) is 6.60. The largest absolute Gasteiger partial charge is 0.458 e. The maximum Gasteiger partial charge on any atom is 0.343 e. The van der Waals surface area contributed by atoms with Crippen molar-refractivity contribution in [3.63, 3.8) is 0 Å². The Morgan fingerprint density at radius 1 is 1.29 bits per heavy atom. The van der Waals surface area contributed by atoms with Gasteiger partial charge in [0.2, 0.25) is 0 Å². The second-order valence-corrected chi connectivity index (χ2v) is 7.89. The highest BCUT2D eigenvalue weighted by Crippen LogP contribution is 2.40.